The Morgan fingerprint density at radius 2 is 1.95 bits per heavy atom. The highest BCUT2D eigenvalue weighted by Crippen LogP contribution is 2.15. The second-order valence-electron chi connectivity index (χ2n) is 5.54. The van der Waals surface area contributed by atoms with Crippen LogP contribution in [0.4, 0.5) is 4.39 Å². The van der Waals surface area contributed by atoms with Crippen molar-refractivity contribution < 1.29 is 9.18 Å². The van der Waals surface area contributed by atoms with E-state index in [4.69, 9.17) is 0 Å². The molecule has 0 bridgehead atoms. The molecule has 1 aliphatic rings. The van der Waals surface area contributed by atoms with E-state index in [1.165, 1.54) is 23.3 Å². The topological polar surface area (TPSA) is 41.1 Å². The third-order valence-electron chi connectivity index (χ3n) is 3.97. The van der Waals surface area contributed by atoms with Gasteiger partial charge in [0, 0.05) is 18.7 Å². The molecule has 0 spiro atoms. The highest BCUT2D eigenvalue weighted by atomic mass is 19.1. The largest absolute Gasteiger partial charge is 0.352 e. The Balaban J connectivity index is 1.56. The summed E-state index contributed by atoms with van der Waals surface area (Å²) < 4.78 is 12.8. The SMILES string of the molecule is O=C(NCCc1ccc(F)cc1)c1ccc2c(c1)CNCC2. The van der Waals surface area contributed by atoms with E-state index in [2.05, 4.69) is 10.6 Å². The molecule has 0 fully saturated rings. The van der Waals surface area contributed by atoms with Crippen LogP contribution >= 0.6 is 0 Å². The first kappa shape index (κ1) is 14.7. The van der Waals surface area contributed by atoms with Crippen molar-refractivity contribution in [2.75, 3.05) is 13.1 Å². The maximum Gasteiger partial charge on any atom is 0.251 e. The molecule has 0 atom stereocenters. The number of hydrogen-bond donors (Lipinski definition) is 2. The molecular formula is C18H19FN2O. The van der Waals surface area contributed by atoms with Gasteiger partial charge in [-0.1, -0.05) is 18.2 Å². The molecule has 0 aromatic heterocycles. The molecule has 2 aromatic rings. The summed E-state index contributed by atoms with van der Waals surface area (Å²) in [6.07, 6.45) is 1.71. The van der Waals surface area contributed by atoms with Gasteiger partial charge in [0.2, 0.25) is 0 Å². The van der Waals surface area contributed by atoms with Crippen molar-refractivity contribution in [3.63, 3.8) is 0 Å². The van der Waals surface area contributed by atoms with Crippen molar-refractivity contribution in [3.05, 3.63) is 70.5 Å². The van der Waals surface area contributed by atoms with Gasteiger partial charge in [0.05, 0.1) is 0 Å². The van der Waals surface area contributed by atoms with Crippen LogP contribution in [0.25, 0.3) is 0 Å². The number of hydrogen-bond acceptors (Lipinski definition) is 2. The molecular weight excluding hydrogens is 279 g/mol. The average Bonchev–Trinajstić information content (AvgIpc) is 2.56. The van der Waals surface area contributed by atoms with Crippen LogP contribution in [0.3, 0.4) is 0 Å². The molecule has 0 aliphatic carbocycles. The molecule has 1 heterocycles. The van der Waals surface area contributed by atoms with Crippen LogP contribution in [0.1, 0.15) is 27.0 Å². The molecule has 3 nitrogen and oxygen atoms in total. The van der Waals surface area contributed by atoms with Crippen LogP contribution in [-0.2, 0) is 19.4 Å². The molecule has 2 N–H and O–H groups in total. The van der Waals surface area contributed by atoms with E-state index < -0.39 is 0 Å². The van der Waals surface area contributed by atoms with Gasteiger partial charge in [-0.2, -0.15) is 0 Å². The fourth-order valence-electron chi connectivity index (χ4n) is 2.70. The minimum atomic E-state index is -0.240. The van der Waals surface area contributed by atoms with Gasteiger partial charge in [-0.3, -0.25) is 4.79 Å². The number of amides is 1. The van der Waals surface area contributed by atoms with E-state index in [-0.39, 0.29) is 11.7 Å². The Labute approximate surface area is 129 Å². The molecule has 22 heavy (non-hydrogen) atoms. The zero-order chi connectivity index (χ0) is 15.4. The van der Waals surface area contributed by atoms with Crippen LogP contribution in [0.5, 0.6) is 0 Å². The second kappa shape index (κ2) is 6.71. The number of halogens is 1. The number of fused-ring (bicyclic) bond motifs is 1. The van der Waals surface area contributed by atoms with E-state index >= 15 is 0 Å². The van der Waals surface area contributed by atoms with Gasteiger partial charge in [0.15, 0.2) is 0 Å². The molecule has 114 valence electrons. The zero-order valence-electron chi connectivity index (χ0n) is 12.4. The molecule has 1 amide bonds. The molecule has 1 aliphatic heterocycles. The molecule has 0 saturated heterocycles. The normalized spacial score (nSPS) is 13.5. The standard InChI is InChI=1S/C18H19FN2O/c19-17-5-1-13(2-6-17)7-10-21-18(22)15-4-3-14-8-9-20-12-16(14)11-15/h1-6,11,20H,7-10,12H2,(H,21,22). The molecule has 4 heteroatoms. The highest BCUT2D eigenvalue weighted by Gasteiger charge is 2.12. The lowest BCUT2D eigenvalue weighted by molar-refractivity contribution is 0.0954. The molecule has 0 unspecified atom stereocenters. The van der Waals surface area contributed by atoms with Crippen LogP contribution in [-0.4, -0.2) is 19.0 Å². The Hall–Kier alpha value is -2.20. The fourth-order valence-corrected chi connectivity index (χ4v) is 2.70. The Morgan fingerprint density at radius 3 is 2.77 bits per heavy atom. The van der Waals surface area contributed by atoms with Crippen molar-refractivity contribution in [3.8, 4) is 0 Å². The first-order chi connectivity index (χ1) is 10.7. The quantitative estimate of drug-likeness (QED) is 0.910. The van der Waals surface area contributed by atoms with Crippen molar-refractivity contribution in [1.82, 2.24) is 10.6 Å². The first-order valence-electron chi connectivity index (χ1n) is 7.57. The van der Waals surface area contributed by atoms with Crippen LogP contribution < -0.4 is 10.6 Å². The molecule has 0 saturated carbocycles. The number of nitrogens with one attached hydrogen (secondary N) is 2. The molecule has 3 rings (SSSR count). The zero-order valence-corrected chi connectivity index (χ0v) is 12.4. The molecule has 2 aromatic carbocycles. The van der Waals surface area contributed by atoms with E-state index in [1.54, 1.807) is 12.1 Å². The number of rotatable bonds is 4. The summed E-state index contributed by atoms with van der Waals surface area (Å²) in [5.41, 5.74) is 4.23. The van der Waals surface area contributed by atoms with E-state index in [1.807, 2.05) is 18.2 Å². The monoisotopic (exact) mass is 298 g/mol. The van der Waals surface area contributed by atoms with Crippen molar-refractivity contribution in [2.24, 2.45) is 0 Å². The summed E-state index contributed by atoms with van der Waals surface area (Å²) in [6, 6.07) is 12.3. The lowest BCUT2D eigenvalue weighted by Crippen LogP contribution is -2.27. The number of carbonyl (C=O) groups is 1. The van der Waals surface area contributed by atoms with Gasteiger partial charge in [-0.05, 0) is 60.3 Å². The van der Waals surface area contributed by atoms with Crippen LogP contribution in [0, 0.1) is 5.82 Å². The maximum absolute atomic E-state index is 12.8. The summed E-state index contributed by atoms with van der Waals surface area (Å²) in [7, 11) is 0. The van der Waals surface area contributed by atoms with E-state index in [9.17, 15) is 9.18 Å². The minimum absolute atomic E-state index is 0.0597. The van der Waals surface area contributed by atoms with Gasteiger partial charge < -0.3 is 10.6 Å². The van der Waals surface area contributed by atoms with Gasteiger partial charge >= 0.3 is 0 Å². The Kier molecular flexibility index (Phi) is 4.49. The average molecular weight is 298 g/mol. The minimum Gasteiger partial charge on any atom is -0.352 e. The van der Waals surface area contributed by atoms with Gasteiger partial charge in [-0.25, -0.2) is 4.39 Å². The first-order valence-corrected chi connectivity index (χ1v) is 7.57. The van der Waals surface area contributed by atoms with Crippen molar-refractivity contribution in [2.45, 2.75) is 19.4 Å². The summed E-state index contributed by atoms with van der Waals surface area (Å²) >= 11 is 0. The lowest BCUT2D eigenvalue weighted by atomic mass is 9.98. The summed E-state index contributed by atoms with van der Waals surface area (Å²) in [4.78, 5) is 12.2. The number of carbonyl (C=O) groups excluding carboxylic acids is 1. The predicted octanol–water partition coefficient (Wildman–Crippen LogP) is 2.44. The smallest absolute Gasteiger partial charge is 0.251 e. The maximum atomic E-state index is 12.8. The highest BCUT2D eigenvalue weighted by molar-refractivity contribution is 5.94. The van der Waals surface area contributed by atoms with Gasteiger partial charge in [-0.15, -0.1) is 0 Å². The van der Waals surface area contributed by atoms with Crippen molar-refractivity contribution >= 4 is 5.91 Å². The summed E-state index contributed by atoms with van der Waals surface area (Å²) in [5, 5.41) is 6.23. The Bertz CT molecular complexity index is 667. The van der Waals surface area contributed by atoms with E-state index in [0.717, 1.165) is 25.1 Å². The summed E-state index contributed by atoms with van der Waals surface area (Å²) in [6.45, 7) is 2.36. The third kappa shape index (κ3) is 3.52. The van der Waals surface area contributed by atoms with E-state index in [0.29, 0.717) is 18.5 Å². The fraction of sp³-hybridized carbons (Fsp3) is 0.278. The van der Waals surface area contributed by atoms with Gasteiger partial charge in [0.25, 0.3) is 5.91 Å². The Morgan fingerprint density at radius 1 is 1.14 bits per heavy atom. The lowest BCUT2D eigenvalue weighted by Gasteiger charge is -2.17. The predicted molar refractivity (Wildman–Crippen MR) is 84.3 cm³/mol. The second-order valence-corrected chi connectivity index (χ2v) is 5.54. The molecule has 0 radical (unpaired) electrons. The third-order valence-corrected chi connectivity index (χ3v) is 3.97. The van der Waals surface area contributed by atoms with Crippen molar-refractivity contribution in [1.29, 1.82) is 0 Å². The summed E-state index contributed by atoms with van der Waals surface area (Å²) in [5.74, 6) is -0.300. The van der Waals surface area contributed by atoms with Gasteiger partial charge in [0.1, 0.15) is 5.82 Å². The van der Waals surface area contributed by atoms with Crippen LogP contribution in [0.2, 0.25) is 0 Å². The van der Waals surface area contributed by atoms with Crippen LogP contribution in [0.15, 0.2) is 42.5 Å². The number of benzene rings is 2.